The van der Waals surface area contributed by atoms with Gasteiger partial charge in [-0.2, -0.15) is 0 Å². The third kappa shape index (κ3) is 11.4. The number of carbonyl (C=O) groups is 1. The van der Waals surface area contributed by atoms with E-state index in [2.05, 4.69) is 91.5 Å². The van der Waals surface area contributed by atoms with Gasteiger partial charge in [-0.05, 0) is 101 Å². The van der Waals surface area contributed by atoms with Crippen LogP contribution in [0.4, 0.5) is 0 Å². The standard InChI is InChI=1S/C38H50O2/c1-10-38(9,26-12-14-29(2)3)27-24-33-19-21-34(22-20-33)40-36(39)28-31(5)16-11-15-30(4)18-23-35-32(6)17-13-25-37(35,7)8/h10-11,14-16,18-24,27-28H,1,12-13,17,25-26H2,2-9H3/b16-11+,23-18+,27-24+,30-15+,31-28+/t38-/m1/s1. The molecule has 0 saturated carbocycles. The predicted molar refractivity (Wildman–Crippen MR) is 174 cm³/mol. The summed E-state index contributed by atoms with van der Waals surface area (Å²) in [6, 6.07) is 7.58. The van der Waals surface area contributed by atoms with Crippen LogP contribution in [-0.2, 0) is 4.79 Å². The average Bonchev–Trinajstić information content (AvgIpc) is 2.87. The highest BCUT2D eigenvalue weighted by atomic mass is 16.5. The molecule has 40 heavy (non-hydrogen) atoms. The van der Waals surface area contributed by atoms with Crippen molar-refractivity contribution >= 4 is 12.0 Å². The lowest BCUT2D eigenvalue weighted by Crippen LogP contribution is -2.19. The first-order valence-corrected chi connectivity index (χ1v) is 14.5. The van der Waals surface area contributed by atoms with E-state index in [0.717, 1.165) is 24.0 Å². The number of carbonyl (C=O) groups excluding carboxylic acids is 1. The van der Waals surface area contributed by atoms with E-state index in [0.29, 0.717) is 5.75 Å². The lowest BCUT2D eigenvalue weighted by molar-refractivity contribution is -0.129. The van der Waals surface area contributed by atoms with Gasteiger partial charge >= 0.3 is 5.97 Å². The zero-order valence-corrected chi connectivity index (χ0v) is 26.1. The van der Waals surface area contributed by atoms with Crippen molar-refractivity contribution in [2.45, 2.75) is 87.5 Å². The Hall–Kier alpha value is -3.39. The molecule has 0 fully saturated rings. The molecule has 0 aliphatic heterocycles. The predicted octanol–water partition coefficient (Wildman–Crippen LogP) is 11.1. The smallest absolute Gasteiger partial charge is 0.336 e. The maximum Gasteiger partial charge on any atom is 0.336 e. The van der Waals surface area contributed by atoms with Gasteiger partial charge in [-0.15, -0.1) is 6.58 Å². The topological polar surface area (TPSA) is 26.3 Å². The van der Waals surface area contributed by atoms with E-state index in [-0.39, 0.29) is 16.8 Å². The number of benzene rings is 1. The van der Waals surface area contributed by atoms with Crippen molar-refractivity contribution in [2.24, 2.45) is 10.8 Å². The van der Waals surface area contributed by atoms with Gasteiger partial charge in [0.05, 0.1) is 0 Å². The van der Waals surface area contributed by atoms with Crippen molar-refractivity contribution in [1.82, 2.24) is 0 Å². The number of rotatable bonds is 12. The van der Waals surface area contributed by atoms with Crippen LogP contribution in [0.1, 0.15) is 93.1 Å². The van der Waals surface area contributed by atoms with E-state index in [4.69, 9.17) is 4.74 Å². The van der Waals surface area contributed by atoms with Gasteiger partial charge in [0, 0.05) is 11.5 Å². The quantitative estimate of drug-likeness (QED) is 0.0869. The summed E-state index contributed by atoms with van der Waals surface area (Å²) in [7, 11) is 0. The van der Waals surface area contributed by atoms with Crippen LogP contribution in [-0.4, -0.2) is 5.97 Å². The Morgan fingerprint density at radius 1 is 1.05 bits per heavy atom. The van der Waals surface area contributed by atoms with Gasteiger partial charge in [0.1, 0.15) is 5.75 Å². The molecular formula is C38H50O2. The molecule has 0 saturated heterocycles. The zero-order chi connectivity index (χ0) is 29.8. The minimum absolute atomic E-state index is 0.0696. The summed E-state index contributed by atoms with van der Waals surface area (Å²) in [5.74, 6) is 0.146. The molecule has 0 spiro atoms. The number of hydrogen-bond donors (Lipinski definition) is 0. The molecule has 0 radical (unpaired) electrons. The summed E-state index contributed by atoms with van der Waals surface area (Å²) >= 11 is 0. The molecule has 1 aromatic rings. The van der Waals surface area contributed by atoms with Crippen LogP contribution < -0.4 is 4.74 Å². The van der Waals surface area contributed by atoms with E-state index in [9.17, 15) is 4.79 Å². The molecular weight excluding hydrogens is 488 g/mol. The summed E-state index contributed by atoms with van der Waals surface area (Å²) in [6.45, 7) is 21.4. The first kappa shape index (κ1) is 32.8. The maximum atomic E-state index is 12.4. The number of esters is 1. The molecule has 2 heteroatoms. The van der Waals surface area contributed by atoms with Gasteiger partial charge in [-0.25, -0.2) is 4.79 Å². The Labute approximate surface area is 244 Å². The molecule has 0 aromatic heterocycles. The summed E-state index contributed by atoms with van der Waals surface area (Å²) in [5.41, 5.74) is 7.53. The van der Waals surface area contributed by atoms with Crippen molar-refractivity contribution in [1.29, 1.82) is 0 Å². The first-order valence-electron chi connectivity index (χ1n) is 14.5. The Morgan fingerprint density at radius 2 is 1.75 bits per heavy atom. The van der Waals surface area contributed by atoms with Crippen molar-refractivity contribution < 1.29 is 9.53 Å². The van der Waals surface area contributed by atoms with E-state index < -0.39 is 0 Å². The molecule has 0 heterocycles. The summed E-state index contributed by atoms with van der Waals surface area (Å²) in [5, 5.41) is 0. The fourth-order valence-corrected chi connectivity index (χ4v) is 4.87. The highest BCUT2D eigenvalue weighted by Gasteiger charge is 2.26. The third-order valence-electron chi connectivity index (χ3n) is 7.58. The van der Waals surface area contributed by atoms with Gasteiger partial charge in [0.25, 0.3) is 0 Å². The molecule has 2 rings (SSSR count). The molecule has 0 amide bonds. The Bertz CT molecular complexity index is 1230. The molecule has 1 atom stereocenters. The SMILES string of the molecule is C=C[C@@](C)(/C=C/c1ccc(OC(=O)/C=C(C)/C=C/C=C(C)/C=C/C2=C(C)CCCC2(C)C)cc1)CCC=C(C)C. The second kappa shape index (κ2) is 15.4. The first-order chi connectivity index (χ1) is 18.8. The number of ether oxygens (including phenoxy) is 1. The molecule has 1 aliphatic carbocycles. The minimum atomic E-state index is -0.383. The van der Waals surface area contributed by atoms with Crippen LogP contribution in [0.3, 0.4) is 0 Å². The summed E-state index contributed by atoms with van der Waals surface area (Å²) < 4.78 is 5.52. The Morgan fingerprint density at radius 3 is 2.38 bits per heavy atom. The fraction of sp³-hybridized carbons (Fsp3) is 0.395. The fourth-order valence-electron chi connectivity index (χ4n) is 4.87. The van der Waals surface area contributed by atoms with Crippen LogP contribution in [0, 0.1) is 10.8 Å². The second-order valence-corrected chi connectivity index (χ2v) is 12.3. The molecule has 0 N–H and O–H groups in total. The Kier molecular flexibility index (Phi) is 12.6. The molecule has 0 bridgehead atoms. The number of hydrogen-bond acceptors (Lipinski definition) is 2. The lowest BCUT2D eigenvalue weighted by Gasteiger charge is -2.32. The van der Waals surface area contributed by atoms with Gasteiger partial charge in [0.2, 0.25) is 0 Å². The minimum Gasteiger partial charge on any atom is -0.423 e. The van der Waals surface area contributed by atoms with Crippen LogP contribution in [0.2, 0.25) is 0 Å². The van der Waals surface area contributed by atoms with Crippen LogP contribution in [0.15, 0.2) is 113 Å². The third-order valence-corrected chi connectivity index (χ3v) is 7.58. The molecule has 1 aliphatic rings. The second-order valence-electron chi connectivity index (χ2n) is 12.3. The molecule has 0 unspecified atom stereocenters. The van der Waals surface area contributed by atoms with Gasteiger partial charge < -0.3 is 4.74 Å². The highest BCUT2D eigenvalue weighted by molar-refractivity contribution is 5.85. The number of allylic oxidation sites excluding steroid dienone is 13. The maximum absolute atomic E-state index is 12.4. The van der Waals surface area contributed by atoms with Crippen LogP contribution in [0.25, 0.3) is 6.08 Å². The van der Waals surface area contributed by atoms with Crippen LogP contribution >= 0.6 is 0 Å². The largest absolute Gasteiger partial charge is 0.423 e. The van der Waals surface area contributed by atoms with Crippen molar-refractivity contribution in [3.05, 3.63) is 119 Å². The zero-order valence-electron chi connectivity index (χ0n) is 26.1. The average molecular weight is 539 g/mol. The van der Waals surface area contributed by atoms with E-state index in [1.807, 2.05) is 49.4 Å². The van der Waals surface area contributed by atoms with Gasteiger partial charge in [-0.1, -0.05) is 104 Å². The van der Waals surface area contributed by atoms with Crippen molar-refractivity contribution in [2.75, 3.05) is 0 Å². The van der Waals surface area contributed by atoms with E-state index in [1.54, 1.807) is 0 Å². The highest BCUT2D eigenvalue weighted by Crippen LogP contribution is 2.40. The Balaban J connectivity index is 1.93. The van der Waals surface area contributed by atoms with E-state index >= 15 is 0 Å². The summed E-state index contributed by atoms with van der Waals surface area (Å²) in [4.78, 5) is 12.4. The van der Waals surface area contributed by atoms with Crippen molar-refractivity contribution in [3.63, 3.8) is 0 Å². The van der Waals surface area contributed by atoms with E-state index in [1.165, 1.54) is 47.6 Å². The van der Waals surface area contributed by atoms with Gasteiger partial charge in [0.15, 0.2) is 0 Å². The normalized spacial score (nSPS) is 17.9. The molecule has 1 aromatic carbocycles. The van der Waals surface area contributed by atoms with Gasteiger partial charge in [-0.3, -0.25) is 0 Å². The van der Waals surface area contributed by atoms with Crippen LogP contribution in [0.5, 0.6) is 5.75 Å². The van der Waals surface area contributed by atoms with Crippen molar-refractivity contribution in [3.8, 4) is 5.75 Å². The lowest BCUT2D eigenvalue weighted by atomic mass is 9.72. The summed E-state index contributed by atoms with van der Waals surface area (Å²) in [6.07, 6.45) is 26.3. The molecule has 2 nitrogen and oxygen atoms in total. The molecule has 214 valence electrons. The monoisotopic (exact) mass is 538 g/mol.